The van der Waals surface area contributed by atoms with Gasteiger partial charge in [-0.05, 0) is 37.5 Å². The van der Waals surface area contributed by atoms with Crippen LogP contribution >= 0.6 is 0 Å². The molecule has 1 N–H and O–H groups in total. The maximum atomic E-state index is 11.6. The lowest BCUT2D eigenvalue weighted by atomic mass is 9.75. The molecule has 1 fully saturated rings. The van der Waals surface area contributed by atoms with Crippen LogP contribution in [0.25, 0.3) is 0 Å². The lowest BCUT2D eigenvalue weighted by Crippen LogP contribution is -2.28. The molecule has 98 valence electrons. The van der Waals surface area contributed by atoms with Crippen LogP contribution < -0.4 is 0 Å². The van der Waals surface area contributed by atoms with E-state index in [4.69, 9.17) is 4.52 Å². The molecular weight excluding hydrogens is 230 g/mol. The molecule has 1 saturated carbocycles. The van der Waals surface area contributed by atoms with E-state index in [0.29, 0.717) is 11.7 Å². The van der Waals surface area contributed by atoms with E-state index in [9.17, 15) is 9.90 Å². The predicted molar refractivity (Wildman–Crippen MR) is 65.6 cm³/mol. The first-order valence-electron chi connectivity index (χ1n) is 6.72. The van der Waals surface area contributed by atoms with Gasteiger partial charge in [0.15, 0.2) is 5.76 Å². The molecule has 1 aromatic heterocycles. The minimum Gasteiger partial charge on any atom is -0.481 e. The van der Waals surface area contributed by atoms with E-state index in [1.165, 1.54) is 12.8 Å². The van der Waals surface area contributed by atoms with Gasteiger partial charge in [-0.25, -0.2) is 0 Å². The van der Waals surface area contributed by atoms with Gasteiger partial charge in [-0.3, -0.25) is 4.79 Å². The Hall–Kier alpha value is -1.32. The third-order valence-corrected chi connectivity index (χ3v) is 4.35. The Morgan fingerprint density at radius 1 is 1.44 bits per heavy atom. The molecule has 1 unspecified atom stereocenters. The molecule has 3 rings (SSSR count). The second-order valence-electron chi connectivity index (χ2n) is 6.30. The lowest BCUT2D eigenvalue weighted by Gasteiger charge is -2.28. The molecule has 1 atom stereocenters. The average molecular weight is 249 g/mol. The molecule has 0 bridgehead atoms. The van der Waals surface area contributed by atoms with Crippen molar-refractivity contribution >= 4 is 5.97 Å². The van der Waals surface area contributed by atoms with Gasteiger partial charge in [0, 0.05) is 11.5 Å². The Bertz CT molecular complexity index is 485. The van der Waals surface area contributed by atoms with Gasteiger partial charge < -0.3 is 9.63 Å². The number of carboxylic acid groups (broad SMARTS) is 1. The van der Waals surface area contributed by atoms with Crippen LogP contribution in [0.4, 0.5) is 0 Å². The van der Waals surface area contributed by atoms with Crippen molar-refractivity contribution in [2.45, 2.75) is 57.8 Å². The molecule has 1 heterocycles. The second kappa shape index (κ2) is 3.84. The van der Waals surface area contributed by atoms with Crippen molar-refractivity contribution in [1.82, 2.24) is 5.16 Å². The number of aliphatic carboxylic acids is 1. The first-order chi connectivity index (χ1) is 8.50. The summed E-state index contributed by atoms with van der Waals surface area (Å²) in [6.07, 6.45) is 5.18. The van der Waals surface area contributed by atoms with Gasteiger partial charge in [0.05, 0.1) is 5.69 Å². The van der Waals surface area contributed by atoms with Crippen LogP contribution in [0.2, 0.25) is 0 Å². The maximum Gasteiger partial charge on any atom is 0.314 e. The highest BCUT2D eigenvalue weighted by atomic mass is 16.5. The molecule has 1 aromatic rings. The lowest BCUT2D eigenvalue weighted by molar-refractivity contribution is -0.142. The Morgan fingerprint density at radius 2 is 2.17 bits per heavy atom. The van der Waals surface area contributed by atoms with E-state index >= 15 is 0 Å². The number of aromatic nitrogens is 1. The Kier molecular flexibility index (Phi) is 2.50. The summed E-state index contributed by atoms with van der Waals surface area (Å²) >= 11 is 0. The Morgan fingerprint density at radius 3 is 2.78 bits per heavy atom. The molecule has 2 aliphatic rings. The highest BCUT2D eigenvalue weighted by Gasteiger charge is 2.44. The van der Waals surface area contributed by atoms with Crippen LogP contribution in [0.3, 0.4) is 0 Å². The summed E-state index contributed by atoms with van der Waals surface area (Å²) < 4.78 is 5.45. The molecule has 0 aromatic carbocycles. The zero-order valence-corrected chi connectivity index (χ0v) is 10.9. The third kappa shape index (κ3) is 1.74. The van der Waals surface area contributed by atoms with Crippen molar-refractivity contribution in [2.24, 2.45) is 5.41 Å². The van der Waals surface area contributed by atoms with E-state index in [1.807, 2.05) is 13.8 Å². The zero-order valence-electron chi connectivity index (χ0n) is 10.9. The third-order valence-electron chi connectivity index (χ3n) is 4.35. The highest BCUT2D eigenvalue weighted by molar-refractivity contribution is 5.77. The second-order valence-corrected chi connectivity index (χ2v) is 6.30. The minimum absolute atomic E-state index is 0.266. The van der Waals surface area contributed by atoms with Gasteiger partial charge in [0.2, 0.25) is 0 Å². The van der Waals surface area contributed by atoms with Crippen LogP contribution in [0.1, 0.15) is 68.4 Å². The normalized spacial score (nSPS) is 26.4. The smallest absolute Gasteiger partial charge is 0.314 e. The van der Waals surface area contributed by atoms with Crippen molar-refractivity contribution in [2.75, 3.05) is 0 Å². The largest absolute Gasteiger partial charge is 0.481 e. The molecule has 4 nitrogen and oxygen atoms in total. The maximum absolute atomic E-state index is 11.6. The van der Waals surface area contributed by atoms with Crippen LogP contribution in [-0.2, 0) is 11.2 Å². The van der Waals surface area contributed by atoms with Crippen molar-refractivity contribution in [3.8, 4) is 0 Å². The fourth-order valence-corrected chi connectivity index (χ4v) is 3.16. The quantitative estimate of drug-likeness (QED) is 0.818. The summed E-state index contributed by atoms with van der Waals surface area (Å²) in [6, 6.07) is 0. The average Bonchev–Trinajstić information content (AvgIpc) is 3.04. The van der Waals surface area contributed by atoms with Crippen LogP contribution in [0.15, 0.2) is 4.52 Å². The summed E-state index contributed by atoms with van der Waals surface area (Å²) in [5, 5.41) is 13.7. The monoisotopic (exact) mass is 249 g/mol. The molecule has 0 aliphatic heterocycles. The Labute approximate surface area is 106 Å². The molecule has 0 saturated heterocycles. The number of nitrogens with zero attached hydrogens (tertiary/aromatic N) is 1. The molecule has 4 heteroatoms. The summed E-state index contributed by atoms with van der Waals surface area (Å²) in [5.41, 5.74) is 1.86. The van der Waals surface area contributed by atoms with Crippen molar-refractivity contribution in [3.63, 3.8) is 0 Å². The van der Waals surface area contributed by atoms with Gasteiger partial charge in [-0.1, -0.05) is 19.0 Å². The molecule has 0 amide bonds. The summed E-state index contributed by atoms with van der Waals surface area (Å²) in [6.45, 7) is 4.03. The first-order valence-corrected chi connectivity index (χ1v) is 6.72. The SMILES string of the molecule is CC1(C)CCCc2c(C3CC3)noc2C1C(=O)O. The summed E-state index contributed by atoms with van der Waals surface area (Å²) in [7, 11) is 0. The topological polar surface area (TPSA) is 63.3 Å². The highest BCUT2D eigenvalue weighted by Crippen LogP contribution is 2.48. The number of carbonyl (C=O) groups is 1. The van der Waals surface area contributed by atoms with Crippen molar-refractivity contribution in [1.29, 1.82) is 0 Å². The van der Waals surface area contributed by atoms with Gasteiger partial charge in [-0.2, -0.15) is 0 Å². The number of hydrogen-bond donors (Lipinski definition) is 1. The van der Waals surface area contributed by atoms with Gasteiger partial charge in [-0.15, -0.1) is 0 Å². The van der Waals surface area contributed by atoms with Crippen LogP contribution in [-0.4, -0.2) is 16.2 Å². The van der Waals surface area contributed by atoms with Crippen LogP contribution in [0.5, 0.6) is 0 Å². The van der Waals surface area contributed by atoms with Gasteiger partial charge >= 0.3 is 5.97 Å². The van der Waals surface area contributed by atoms with Crippen LogP contribution in [0, 0.1) is 5.41 Å². The summed E-state index contributed by atoms with van der Waals surface area (Å²) in [4.78, 5) is 11.6. The zero-order chi connectivity index (χ0) is 12.9. The summed E-state index contributed by atoms with van der Waals surface area (Å²) in [5.74, 6) is -0.211. The van der Waals surface area contributed by atoms with E-state index in [1.54, 1.807) is 0 Å². The molecule has 0 spiro atoms. The first kappa shape index (κ1) is 11.8. The van der Waals surface area contributed by atoms with E-state index < -0.39 is 11.9 Å². The van der Waals surface area contributed by atoms with Crippen molar-refractivity contribution < 1.29 is 14.4 Å². The predicted octanol–water partition coefficient (Wildman–Crippen LogP) is 3.08. The Balaban J connectivity index is 2.09. The van der Waals surface area contributed by atoms with E-state index in [2.05, 4.69) is 5.16 Å². The molecule has 18 heavy (non-hydrogen) atoms. The molecule has 0 radical (unpaired) electrons. The van der Waals surface area contributed by atoms with E-state index in [0.717, 1.165) is 30.5 Å². The van der Waals surface area contributed by atoms with Gasteiger partial charge in [0.25, 0.3) is 0 Å². The van der Waals surface area contributed by atoms with Gasteiger partial charge in [0.1, 0.15) is 5.92 Å². The fraction of sp³-hybridized carbons (Fsp3) is 0.714. The van der Waals surface area contributed by atoms with E-state index in [-0.39, 0.29) is 5.41 Å². The fourth-order valence-electron chi connectivity index (χ4n) is 3.16. The van der Waals surface area contributed by atoms with Crippen molar-refractivity contribution in [3.05, 3.63) is 17.0 Å². The molecular formula is C14H19NO3. The minimum atomic E-state index is -0.790. The number of fused-ring (bicyclic) bond motifs is 1. The number of rotatable bonds is 2. The standard InChI is InChI=1S/C14H19NO3/c1-14(2)7-3-4-9-11(8-5-6-8)15-18-12(9)10(14)13(16)17/h8,10H,3-7H2,1-2H3,(H,16,17). The number of carboxylic acids is 1. The molecule has 2 aliphatic carbocycles. The number of hydrogen-bond acceptors (Lipinski definition) is 3.